The van der Waals surface area contributed by atoms with Gasteiger partial charge in [-0.05, 0) is 0 Å². The van der Waals surface area contributed by atoms with Crippen LogP contribution < -0.4 is 21.9 Å². The van der Waals surface area contributed by atoms with Gasteiger partial charge in [0.25, 0.3) is 0 Å². The van der Waals surface area contributed by atoms with Crippen LogP contribution in [0.4, 0.5) is 30.8 Å². The lowest BCUT2D eigenvalue weighted by molar-refractivity contribution is -0.119. The second-order valence-corrected chi connectivity index (χ2v) is 3.09. The van der Waals surface area contributed by atoms with Crippen molar-refractivity contribution in [3.05, 3.63) is 6.07 Å². The SMILES string of the molecule is CN(CC(F)(F)F)c1cc(NN)nc(N)n1. The highest BCUT2D eigenvalue weighted by molar-refractivity contribution is 5.51. The predicted octanol–water partition coefficient (Wildman–Crippen LogP) is 0.343. The van der Waals surface area contributed by atoms with Gasteiger partial charge in [0, 0.05) is 13.1 Å². The minimum Gasteiger partial charge on any atom is -0.368 e. The van der Waals surface area contributed by atoms with Crippen molar-refractivity contribution < 1.29 is 13.2 Å². The third kappa shape index (κ3) is 3.42. The van der Waals surface area contributed by atoms with Crippen LogP contribution in [0.2, 0.25) is 0 Å². The Kier molecular flexibility index (Phi) is 3.38. The van der Waals surface area contributed by atoms with E-state index in [9.17, 15) is 13.2 Å². The van der Waals surface area contributed by atoms with Gasteiger partial charge >= 0.3 is 6.18 Å². The molecule has 0 saturated heterocycles. The predicted molar refractivity (Wildman–Crippen MR) is 53.6 cm³/mol. The van der Waals surface area contributed by atoms with Crippen molar-refractivity contribution in [1.29, 1.82) is 0 Å². The molecule has 0 radical (unpaired) electrons. The highest BCUT2D eigenvalue weighted by Crippen LogP contribution is 2.21. The van der Waals surface area contributed by atoms with Crippen LogP contribution in [0.25, 0.3) is 0 Å². The maximum Gasteiger partial charge on any atom is 0.405 e. The summed E-state index contributed by atoms with van der Waals surface area (Å²) in [6, 6.07) is 1.27. The molecule has 1 heterocycles. The molecule has 1 aromatic rings. The second kappa shape index (κ2) is 4.39. The highest BCUT2D eigenvalue weighted by Gasteiger charge is 2.30. The fourth-order valence-corrected chi connectivity index (χ4v) is 1.07. The lowest BCUT2D eigenvalue weighted by atomic mass is 10.4. The number of hydrazine groups is 1. The number of hydrogen-bond donors (Lipinski definition) is 3. The van der Waals surface area contributed by atoms with Crippen LogP contribution in [0, 0.1) is 0 Å². The van der Waals surface area contributed by atoms with E-state index in [1.54, 1.807) is 0 Å². The molecule has 0 atom stereocenters. The average molecular weight is 236 g/mol. The van der Waals surface area contributed by atoms with E-state index in [0.717, 1.165) is 4.90 Å². The smallest absolute Gasteiger partial charge is 0.368 e. The fourth-order valence-electron chi connectivity index (χ4n) is 1.07. The fraction of sp³-hybridized carbons (Fsp3) is 0.429. The Morgan fingerprint density at radius 3 is 2.56 bits per heavy atom. The number of nitrogens with one attached hydrogen (secondary N) is 1. The number of nitrogens with two attached hydrogens (primary N) is 2. The van der Waals surface area contributed by atoms with Crippen molar-refractivity contribution in [2.24, 2.45) is 5.84 Å². The van der Waals surface area contributed by atoms with Crippen LogP contribution in [0.5, 0.6) is 0 Å². The zero-order valence-corrected chi connectivity index (χ0v) is 8.41. The molecule has 0 saturated carbocycles. The van der Waals surface area contributed by atoms with Crippen LogP contribution >= 0.6 is 0 Å². The molecule has 9 heteroatoms. The molecule has 0 aromatic carbocycles. The number of nitrogens with zero attached hydrogens (tertiary/aromatic N) is 3. The van der Waals surface area contributed by atoms with Gasteiger partial charge in [0.1, 0.15) is 18.2 Å². The summed E-state index contributed by atoms with van der Waals surface area (Å²) in [6.45, 7) is -1.13. The molecule has 90 valence electrons. The summed E-state index contributed by atoms with van der Waals surface area (Å²) < 4.78 is 36.4. The first-order chi connectivity index (χ1) is 7.31. The monoisotopic (exact) mass is 236 g/mol. The Hall–Kier alpha value is -1.77. The number of halogens is 3. The second-order valence-electron chi connectivity index (χ2n) is 3.09. The summed E-state index contributed by atoms with van der Waals surface area (Å²) in [7, 11) is 1.25. The Bertz CT molecular complexity index is 366. The first-order valence-corrected chi connectivity index (χ1v) is 4.21. The van der Waals surface area contributed by atoms with E-state index in [1.165, 1.54) is 13.1 Å². The summed E-state index contributed by atoms with van der Waals surface area (Å²) >= 11 is 0. The van der Waals surface area contributed by atoms with E-state index in [1.807, 2.05) is 0 Å². The van der Waals surface area contributed by atoms with Gasteiger partial charge in [-0.15, -0.1) is 0 Å². The zero-order chi connectivity index (χ0) is 12.3. The number of alkyl halides is 3. The molecule has 1 rings (SSSR count). The number of aromatic nitrogens is 2. The summed E-state index contributed by atoms with van der Waals surface area (Å²) in [5, 5.41) is 0. The molecule has 6 nitrogen and oxygen atoms in total. The Morgan fingerprint density at radius 1 is 1.44 bits per heavy atom. The van der Waals surface area contributed by atoms with Crippen LogP contribution in [0.1, 0.15) is 0 Å². The first-order valence-electron chi connectivity index (χ1n) is 4.21. The van der Waals surface area contributed by atoms with E-state index >= 15 is 0 Å². The number of rotatable bonds is 3. The van der Waals surface area contributed by atoms with Crippen molar-refractivity contribution in [2.75, 3.05) is 29.7 Å². The molecule has 5 N–H and O–H groups in total. The summed E-state index contributed by atoms with van der Waals surface area (Å²) in [5.74, 6) is 5.11. The molecule has 0 aliphatic carbocycles. The summed E-state index contributed by atoms with van der Waals surface area (Å²) in [5.41, 5.74) is 7.50. The minimum atomic E-state index is -4.31. The standard InChI is InChI=1S/C7H11F3N6/c1-16(3-7(8,9)10)5-2-4(15-12)13-6(11)14-5/h2H,3,12H2,1H3,(H3,11,13,14,15). The molecular formula is C7H11F3N6. The quantitative estimate of drug-likeness (QED) is 0.517. The molecule has 0 amide bonds. The molecule has 0 bridgehead atoms. The van der Waals surface area contributed by atoms with Crippen molar-refractivity contribution in [2.45, 2.75) is 6.18 Å². The number of nitrogen functional groups attached to an aromatic ring is 2. The molecule has 0 unspecified atom stereocenters. The molecule has 0 aliphatic heterocycles. The molecule has 1 aromatic heterocycles. The highest BCUT2D eigenvalue weighted by atomic mass is 19.4. The molecule has 16 heavy (non-hydrogen) atoms. The van der Waals surface area contributed by atoms with E-state index in [-0.39, 0.29) is 17.6 Å². The first kappa shape index (κ1) is 12.3. The van der Waals surface area contributed by atoms with E-state index in [0.29, 0.717) is 0 Å². The normalized spacial score (nSPS) is 11.3. The maximum atomic E-state index is 12.1. The third-order valence-corrected chi connectivity index (χ3v) is 1.69. The van der Waals surface area contributed by atoms with Gasteiger partial charge in [-0.2, -0.15) is 23.1 Å². The zero-order valence-electron chi connectivity index (χ0n) is 8.41. The van der Waals surface area contributed by atoms with Crippen LogP contribution in [-0.4, -0.2) is 29.7 Å². The lowest BCUT2D eigenvalue weighted by Crippen LogP contribution is -2.31. The Balaban J connectivity index is 2.90. The van der Waals surface area contributed by atoms with E-state index in [4.69, 9.17) is 11.6 Å². The minimum absolute atomic E-state index is 0.0396. The van der Waals surface area contributed by atoms with Gasteiger partial charge in [0.2, 0.25) is 5.95 Å². The Morgan fingerprint density at radius 2 is 2.06 bits per heavy atom. The largest absolute Gasteiger partial charge is 0.405 e. The maximum absolute atomic E-state index is 12.1. The Labute approximate surface area is 89.4 Å². The third-order valence-electron chi connectivity index (χ3n) is 1.69. The van der Waals surface area contributed by atoms with Gasteiger partial charge in [-0.3, -0.25) is 0 Å². The number of hydrogen-bond acceptors (Lipinski definition) is 6. The van der Waals surface area contributed by atoms with Gasteiger partial charge < -0.3 is 16.1 Å². The van der Waals surface area contributed by atoms with Gasteiger partial charge in [-0.25, -0.2) is 5.84 Å². The van der Waals surface area contributed by atoms with Crippen molar-refractivity contribution in [1.82, 2.24) is 9.97 Å². The molecule has 0 aliphatic rings. The average Bonchev–Trinajstić information content (AvgIpc) is 2.14. The summed E-state index contributed by atoms with van der Waals surface area (Å²) in [6.07, 6.45) is -4.31. The van der Waals surface area contributed by atoms with Crippen molar-refractivity contribution in [3.8, 4) is 0 Å². The van der Waals surface area contributed by atoms with E-state index < -0.39 is 12.7 Å². The van der Waals surface area contributed by atoms with E-state index in [2.05, 4.69) is 15.4 Å². The van der Waals surface area contributed by atoms with Gasteiger partial charge in [0.15, 0.2) is 0 Å². The number of anilines is 3. The molecule has 0 fully saturated rings. The van der Waals surface area contributed by atoms with Crippen LogP contribution in [-0.2, 0) is 0 Å². The van der Waals surface area contributed by atoms with Gasteiger partial charge in [0.05, 0.1) is 0 Å². The van der Waals surface area contributed by atoms with Crippen molar-refractivity contribution in [3.63, 3.8) is 0 Å². The molecule has 0 spiro atoms. The van der Waals surface area contributed by atoms with Crippen molar-refractivity contribution >= 4 is 17.6 Å². The molecular weight excluding hydrogens is 225 g/mol. The van der Waals surface area contributed by atoms with Crippen LogP contribution in [0.3, 0.4) is 0 Å². The topological polar surface area (TPSA) is 93.1 Å². The summed E-state index contributed by atoms with van der Waals surface area (Å²) in [4.78, 5) is 8.22. The van der Waals surface area contributed by atoms with Gasteiger partial charge in [-0.1, -0.05) is 0 Å². The van der Waals surface area contributed by atoms with Crippen LogP contribution in [0.15, 0.2) is 6.07 Å². The lowest BCUT2D eigenvalue weighted by Gasteiger charge is -2.20.